The number of hydrogen-bond donors (Lipinski definition) is 2. The number of nitrogens with zero attached hydrogens (tertiary/aromatic N) is 2. The van der Waals surface area contributed by atoms with E-state index in [2.05, 4.69) is 21.1 Å². The molecule has 0 unspecified atom stereocenters. The lowest BCUT2D eigenvalue weighted by Crippen LogP contribution is -2.24. The minimum atomic E-state index is -0.400. The van der Waals surface area contributed by atoms with Crippen molar-refractivity contribution in [2.75, 3.05) is 0 Å². The van der Waals surface area contributed by atoms with Gasteiger partial charge in [0, 0.05) is 21.2 Å². The molecule has 0 heterocycles. The van der Waals surface area contributed by atoms with Crippen molar-refractivity contribution >= 4 is 46.4 Å². The fourth-order valence-corrected chi connectivity index (χ4v) is 2.20. The topological polar surface area (TPSA) is 82.9 Å². The third-order valence-electron chi connectivity index (χ3n) is 3.35. The molecule has 134 valence electrons. The first-order valence-electron chi connectivity index (χ1n) is 7.57. The van der Waals surface area contributed by atoms with Gasteiger partial charge < -0.3 is 0 Å². The van der Waals surface area contributed by atoms with Crippen molar-refractivity contribution in [1.82, 2.24) is 10.9 Å². The number of nitrogens with one attached hydrogen (secondary N) is 2. The Hall–Kier alpha value is -2.70. The summed E-state index contributed by atoms with van der Waals surface area (Å²) in [6.45, 7) is 3.31. The number of carbonyl (C=O) groups is 2. The second kappa shape index (κ2) is 9.12. The Morgan fingerprint density at radius 2 is 1.15 bits per heavy atom. The summed E-state index contributed by atoms with van der Waals surface area (Å²) in [5, 5.41) is 8.85. The minimum absolute atomic E-state index is 0.387. The van der Waals surface area contributed by atoms with E-state index in [1.54, 1.807) is 50.2 Å². The highest BCUT2D eigenvalue weighted by molar-refractivity contribution is 6.40. The van der Waals surface area contributed by atoms with E-state index in [-0.39, 0.29) is 0 Å². The van der Waals surface area contributed by atoms with Crippen LogP contribution in [0.3, 0.4) is 0 Å². The lowest BCUT2D eigenvalue weighted by molar-refractivity contribution is 0.0946. The average Bonchev–Trinajstić information content (AvgIpc) is 2.63. The maximum absolute atomic E-state index is 12.0. The summed E-state index contributed by atoms with van der Waals surface area (Å²) in [5.74, 6) is -0.801. The summed E-state index contributed by atoms with van der Waals surface area (Å²) in [6, 6.07) is 13.0. The normalized spacial score (nSPS) is 11.8. The number of amides is 2. The van der Waals surface area contributed by atoms with Gasteiger partial charge in [-0.2, -0.15) is 10.2 Å². The van der Waals surface area contributed by atoms with Gasteiger partial charge in [-0.1, -0.05) is 35.3 Å². The molecule has 0 saturated carbocycles. The van der Waals surface area contributed by atoms with Gasteiger partial charge in [-0.15, -0.1) is 0 Å². The van der Waals surface area contributed by atoms with E-state index in [0.717, 1.165) is 0 Å². The molecule has 0 bridgehead atoms. The zero-order valence-electron chi connectivity index (χ0n) is 14.1. The Bertz CT molecular complexity index is 821. The van der Waals surface area contributed by atoms with E-state index in [4.69, 9.17) is 23.2 Å². The van der Waals surface area contributed by atoms with Gasteiger partial charge in [0.15, 0.2) is 0 Å². The van der Waals surface area contributed by atoms with E-state index < -0.39 is 11.8 Å². The van der Waals surface area contributed by atoms with Crippen molar-refractivity contribution < 1.29 is 9.59 Å². The first-order valence-corrected chi connectivity index (χ1v) is 8.33. The van der Waals surface area contributed by atoms with Crippen LogP contribution in [-0.2, 0) is 0 Å². The van der Waals surface area contributed by atoms with Gasteiger partial charge in [0.05, 0.1) is 11.4 Å². The van der Waals surface area contributed by atoms with Crippen LogP contribution in [0, 0.1) is 0 Å². The Balaban J connectivity index is 1.98. The molecule has 8 heteroatoms. The molecule has 26 heavy (non-hydrogen) atoms. The first kappa shape index (κ1) is 19.6. The van der Waals surface area contributed by atoms with Gasteiger partial charge in [-0.05, 0) is 50.2 Å². The van der Waals surface area contributed by atoms with Crippen LogP contribution in [0.15, 0.2) is 58.7 Å². The second-order valence-electron chi connectivity index (χ2n) is 5.30. The number of carbonyl (C=O) groups excluding carboxylic acids is 2. The number of hydrogen-bond acceptors (Lipinski definition) is 4. The Morgan fingerprint density at radius 1 is 0.769 bits per heavy atom. The monoisotopic (exact) mass is 390 g/mol. The van der Waals surface area contributed by atoms with Gasteiger partial charge in [-0.3, -0.25) is 9.59 Å². The Morgan fingerprint density at radius 3 is 1.50 bits per heavy atom. The highest BCUT2D eigenvalue weighted by Gasteiger charge is 2.07. The molecule has 2 N–H and O–H groups in total. The molecule has 6 nitrogen and oxygen atoms in total. The van der Waals surface area contributed by atoms with Gasteiger partial charge in [0.25, 0.3) is 11.8 Å². The SMILES string of the molecule is CC(=NNC(=O)c1cccc(Cl)c1)C(C)=NNC(=O)c1cccc(Cl)c1. The summed E-state index contributed by atoms with van der Waals surface area (Å²) in [4.78, 5) is 24.0. The second-order valence-corrected chi connectivity index (χ2v) is 6.17. The Labute approximate surface area is 160 Å². The van der Waals surface area contributed by atoms with E-state index >= 15 is 0 Å². The molecule has 0 aliphatic rings. The van der Waals surface area contributed by atoms with Gasteiger partial charge >= 0.3 is 0 Å². The Kier molecular flexibility index (Phi) is 6.89. The third-order valence-corrected chi connectivity index (χ3v) is 3.82. The number of halogens is 2. The van der Waals surface area contributed by atoms with Gasteiger partial charge in [0.1, 0.15) is 0 Å². The van der Waals surface area contributed by atoms with Crippen molar-refractivity contribution in [1.29, 1.82) is 0 Å². The predicted octanol–water partition coefficient (Wildman–Crippen LogP) is 3.91. The van der Waals surface area contributed by atoms with E-state index in [1.165, 1.54) is 12.1 Å². The molecular formula is C18H16Cl2N4O2. The van der Waals surface area contributed by atoms with Crippen LogP contribution in [0.5, 0.6) is 0 Å². The first-order chi connectivity index (χ1) is 12.4. The van der Waals surface area contributed by atoms with Crippen LogP contribution in [0.4, 0.5) is 0 Å². The molecule has 0 aliphatic heterocycles. The lowest BCUT2D eigenvalue weighted by atomic mass is 10.2. The van der Waals surface area contributed by atoms with Crippen molar-refractivity contribution in [3.8, 4) is 0 Å². The van der Waals surface area contributed by atoms with Crippen LogP contribution in [0.2, 0.25) is 10.0 Å². The average molecular weight is 391 g/mol. The summed E-state index contributed by atoms with van der Waals surface area (Å²) >= 11 is 11.7. The molecule has 0 spiro atoms. The quantitative estimate of drug-likeness (QED) is 0.599. The minimum Gasteiger partial charge on any atom is -0.267 e. The largest absolute Gasteiger partial charge is 0.271 e. The molecule has 2 amide bonds. The van der Waals surface area contributed by atoms with E-state index in [0.29, 0.717) is 32.6 Å². The standard InChI is InChI=1S/C18H16Cl2N4O2/c1-11(21-23-17(25)13-5-3-7-15(19)9-13)12(2)22-24-18(26)14-6-4-8-16(20)10-14/h3-10H,1-2H3,(H,23,25)(H,24,26). The molecular weight excluding hydrogens is 375 g/mol. The number of benzene rings is 2. The molecule has 0 saturated heterocycles. The van der Waals surface area contributed by atoms with Crippen LogP contribution in [0.25, 0.3) is 0 Å². The smallest absolute Gasteiger partial charge is 0.267 e. The molecule has 0 radical (unpaired) electrons. The molecule has 2 aromatic rings. The molecule has 0 fully saturated rings. The van der Waals surface area contributed by atoms with E-state index in [1.807, 2.05) is 0 Å². The molecule has 2 aromatic carbocycles. The predicted molar refractivity (Wildman–Crippen MR) is 104 cm³/mol. The van der Waals surface area contributed by atoms with E-state index in [9.17, 15) is 9.59 Å². The number of rotatable bonds is 5. The maximum Gasteiger partial charge on any atom is 0.271 e. The lowest BCUT2D eigenvalue weighted by Gasteiger charge is -2.04. The summed E-state index contributed by atoms with van der Waals surface area (Å²) in [6.07, 6.45) is 0. The van der Waals surface area contributed by atoms with Crippen molar-refractivity contribution in [3.63, 3.8) is 0 Å². The third kappa shape index (κ3) is 5.68. The fourth-order valence-electron chi connectivity index (χ4n) is 1.82. The zero-order valence-corrected chi connectivity index (χ0v) is 15.6. The highest BCUT2D eigenvalue weighted by Crippen LogP contribution is 2.11. The zero-order chi connectivity index (χ0) is 19.1. The molecule has 0 aromatic heterocycles. The van der Waals surface area contributed by atoms with Crippen LogP contribution in [-0.4, -0.2) is 23.2 Å². The molecule has 0 atom stereocenters. The van der Waals surface area contributed by atoms with Crippen molar-refractivity contribution in [2.45, 2.75) is 13.8 Å². The number of hydrazone groups is 2. The molecule has 2 rings (SSSR count). The van der Waals surface area contributed by atoms with Crippen LogP contribution >= 0.6 is 23.2 Å². The van der Waals surface area contributed by atoms with Crippen molar-refractivity contribution in [3.05, 3.63) is 69.7 Å². The maximum atomic E-state index is 12.0. The van der Waals surface area contributed by atoms with Crippen LogP contribution < -0.4 is 10.9 Å². The fraction of sp³-hybridized carbons (Fsp3) is 0.111. The summed E-state index contributed by atoms with van der Waals surface area (Å²) in [7, 11) is 0. The molecule has 0 aliphatic carbocycles. The van der Waals surface area contributed by atoms with Gasteiger partial charge in [0.2, 0.25) is 0 Å². The summed E-state index contributed by atoms with van der Waals surface area (Å²) < 4.78 is 0. The highest BCUT2D eigenvalue weighted by atomic mass is 35.5. The summed E-state index contributed by atoms with van der Waals surface area (Å²) in [5.41, 5.74) is 6.47. The van der Waals surface area contributed by atoms with Gasteiger partial charge in [-0.25, -0.2) is 10.9 Å². The van der Waals surface area contributed by atoms with Crippen LogP contribution in [0.1, 0.15) is 34.6 Å². The van der Waals surface area contributed by atoms with Crippen molar-refractivity contribution in [2.24, 2.45) is 10.2 Å².